The summed E-state index contributed by atoms with van der Waals surface area (Å²) in [6, 6.07) is 5.44. The van der Waals surface area contributed by atoms with E-state index in [9.17, 15) is 14.0 Å². The van der Waals surface area contributed by atoms with E-state index >= 15 is 0 Å². The Labute approximate surface area is 133 Å². The van der Waals surface area contributed by atoms with Gasteiger partial charge in [-0.2, -0.15) is 0 Å². The molecule has 2 unspecified atom stereocenters. The van der Waals surface area contributed by atoms with Gasteiger partial charge in [-0.15, -0.1) is 0 Å². The first-order chi connectivity index (χ1) is 11.1. The van der Waals surface area contributed by atoms with Gasteiger partial charge in [-0.3, -0.25) is 9.59 Å². The molecule has 3 aliphatic rings. The van der Waals surface area contributed by atoms with E-state index in [1.54, 1.807) is 12.3 Å². The van der Waals surface area contributed by atoms with Crippen LogP contribution in [0, 0.1) is 17.7 Å². The highest BCUT2D eigenvalue weighted by Crippen LogP contribution is 2.45. The van der Waals surface area contributed by atoms with E-state index in [0.717, 1.165) is 6.42 Å². The van der Waals surface area contributed by atoms with Gasteiger partial charge in [0, 0.05) is 23.8 Å². The number of allylic oxidation sites excluding steroid dienone is 2. The molecule has 0 aromatic heterocycles. The number of ketones is 2. The van der Waals surface area contributed by atoms with E-state index in [0.29, 0.717) is 17.4 Å². The number of benzene rings is 1. The molecule has 1 aromatic carbocycles. The standard InChI is InChI=1S/C19H16FNO2/c20-13-6-4-12(5-7-13)17(22)10-11-21-16-8-9-18(23)19(21)15-3-1-2-14(15)16/h1-2,4-11,14-16,19H,3H2/b11-10+/t14?,15?,16-,19-/m1/s1. The van der Waals surface area contributed by atoms with Gasteiger partial charge in [0.25, 0.3) is 0 Å². The Kier molecular flexibility index (Phi) is 3.26. The maximum Gasteiger partial charge on any atom is 0.187 e. The second-order valence-electron chi connectivity index (χ2n) is 6.24. The zero-order valence-corrected chi connectivity index (χ0v) is 12.4. The lowest BCUT2D eigenvalue weighted by atomic mass is 9.90. The lowest BCUT2D eigenvalue weighted by Gasteiger charge is -2.30. The van der Waals surface area contributed by atoms with Crippen LogP contribution in [0.4, 0.5) is 4.39 Å². The molecule has 1 fully saturated rings. The van der Waals surface area contributed by atoms with Gasteiger partial charge < -0.3 is 4.90 Å². The third-order valence-corrected chi connectivity index (χ3v) is 5.00. The predicted octanol–water partition coefficient (Wildman–Crippen LogP) is 2.91. The highest BCUT2D eigenvalue weighted by Gasteiger charge is 2.51. The van der Waals surface area contributed by atoms with Crippen LogP contribution in [-0.2, 0) is 4.79 Å². The highest BCUT2D eigenvalue weighted by atomic mass is 19.1. The number of carbonyl (C=O) groups excluding carboxylic acids is 2. The maximum absolute atomic E-state index is 12.9. The first-order valence-corrected chi connectivity index (χ1v) is 7.79. The summed E-state index contributed by atoms with van der Waals surface area (Å²) in [6.07, 6.45) is 12.1. The van der Waals surface area contributed by atoms with E-state index < -0.39 is 0 Å². The number of halogens is 1. The molecule has 1 saturated heterocycles. The second kappa shape index (κ2) is 5.30. The summed E-state index contributed by atoms with van der Waals surface area (Å²) in [6.45, 7) is 0. The van der Waals surface area contributed by atoms with Crippen molar-refractivity contribution in [2.45, 2.75) is 18.5 Å². The van der Waals surface area contributed by atoms with E-state index in [4.69, 9.17) is 0 Å². The van der Waals surface area contributed by atoms with Crippen molar-refractivity contribution in [3.63, 3.8) is 0 Å². The van der Waals surface area contributed by atoms with Crippen LogP contribution >= 0.6 is 0 Å². The summed E-state index contributed by atoms with van der Waals surface area (Å²) in [5, 5.41) is 0. The fourth-order valence-corrected chi connectivity index (χ4v) is 3.94. The van der Waals surface area contributed by atoms with Gasteiger partial charge >= 0.3 is 0 Å². The molecule has 23 heavy (non-hydrogen) atoms. The fourth-order valence-electron chi connectivity index (χ4n) is 3.94. The summed E-state index contributed by atoms with van der Waals surface area (Å²) >= 11 is 0. The molecule has 1 aromatic rings. The van der Waals surface area contributed by atoms with Crippen molar-refractivity contribution in [2.24, 2.45) is 11.8 Å². The molecule has 2 aliphatic heterocycles. The summed E-state index contributed by atoms with van der Waals surface area (Å²) in [7, 11) is 0. The fraction of sp³-hybridized carbons (Fsp3) is 0.263. The molecule has 4 heteroatoms. The number of carbonyl (C=O) groups is 2. The SMILES string of the molecule is O=C(/C=C/N1[C@@H]2C=CC(=O)[C@H]1C1CC=CC12)c1ccc(F)cc1. The number of hydrogen-bond donors (Lipinski definition) is 0. The molecule has 2 heterocycles. The molecule has 3 nitrogen and oxygen atoms in total. The molecule has 116 valence electrons. The van der Waals surface area contributed by atoms with E-state index in [1.807, 2.05) is 11.0 Å². The molecule has 2 bridgehead atoms. The minimum Gasteiger partial charge on any atom is -0.360 e. The van der Waals surface area contributed by atoms with Crippen molar-refractivity contribution >= 4 is 11.6 Å². The molecule has 4 rings (SSSR count). The van der Waals surface area contributed by atoms with Crippen LogP contribution in [0.2, 0.25) is 0 Å². The number of nitrogens with zero attached hydrogens (tertiary/aromatic N) is 1. The summed E-state index contributed by atoms with van der Waals surface area (Å²) in [5.41, 5.74) is 0.439. The number of fused-ring (bicyclic) bond motifs is 5. The van der Waals surface area contributed by atoms with Crippen molar-refractivity contribution in [3.8, 4) is 0 Å². The minimum absolute atomic E-state index is 0.108. The molecule has 0 radical (unpaired) electrons. The maximum atomic E-state index is 12.9. The monoisotopic (exact) mass is 309 g/mol. The largest absolute Gasteiger partial charge is 0.360 e. The first-order valence-electron chi connectivity index (χ1n) is 7.79. The zero-order chi connectivity index (χ0) is 16.0. The molecule has 4 atom stereocenters. The van der Waals surface area contributed by atoms with Crippen LogP contribution in [0.3, 0.4) is 0 Å². The summed E-state index contributed by atoms with van der Waals surface area (Å²) in [4.78, 5) is 26.5. The van der Waals surface area contributed by atoms with Gasteiger partial charge in [0.1, 0.15) is 5.82 Å². The van der Waals surface area contributed by atoms with Crippen molar-refractivity contribution in [3.05, 3.63) is 72.2 Å². The van der Waals surface area contributed by atoms with Crippen molar-refractivity contribution in [2.75, 3.05) is 0 Å². The quantitative estimate of drug-likeness (QED) is 0.489. The van der Waals surface area contributed by atoms with Crippen LogP contribution < -0.4 is 0 Å². The van der Waals surface area contributed by atoms with Gasteiger partial charge in [-0.25, -0.2) is 4.39 Å². The molecular formula is C19H16FNO2. The molecule has 0 N–H and O–H groups in total. The third kappa shape index (κ3) is 2.25. The second-order valence-corrected chi connectivity index (χ2v) is 6.24. The lowest BCUT2D eigenvalue weighted by Crippen LogP contribution is -2.41. The van der Waals surface area contributed by atoms with E-state index in [2.05, 4.69) is 12.2 Å². The minimum atomic E-state index is -0.366. The smallest absolute Gasteiger partial charge is 0.187 e. The normalized spacial score (nSPS) is 31.2. The lowest BCUT2D eigenvalue weighted by molar-refractivity contribution is -0.119. The Morgan fingerprint density at radius 2 is 2.00 bits per heavy atom. The Balaban J connectivity index is 1.58. The van der Waals surface area contributed by atoms with E-state index in [1.165, 1.54) is 30.3 Å². The number of rotatable bonds is 3. The summed E-state index contributed by atoms with van der Waals surface area (Å²) in [5.74, 6) is 0.194. The molecular weight excluding hydrogens is 293 g/mol. The topological polar surface area (TPSA) is 37.4 Å². The van der Waals surface area contributed by atoms with Crippen LogP contribution in [0.1, 0.15) is 16.8 Å². The Bertz CT molecular complexity index is 747. The number of hydrogen-bond acceptors (Lipinski definition) is 3. The molecule has 0 saturated carbocycles. The van der Waals surface area contributed by atoms with Gasteiger partial charge in [0.15, 0.2) is 11.6 Å². The third-order valence-electron chi connectivity index (χ3n) is 5.00. The zero-order valence-electron chi connectivity index (χ0n) is 12.4. The van der Waals surface area contributed by atoms with Gasteiger partial charge in [0.05, 0.1) is 12.1 Å². The average Bonchev–Trinajstić information content (AvgIpc) is 3.09. The van der Waals surface area contributed by atoms with Gasteiger partial charge in [-0.1, -0.05) is 18.2 Å². The highest BCUT2D eigenvalue weighted by molar-refractivity contribution is 6.04. The van der Waals surface area contributed by atoms with Crippen molar-refractivity contribution < 1.29 is 14.0 Å². The molecule has 1 aliphatic carbocycles. The Morgan fingerprint density at radius 3 is 2.78 bits per heavy atom. The van der Waals surface area contributed by atoms with Crippen LogP contribution in [0.5, 0.6) is 0 Å². The van der Waals surface area contributed by atoms with Gasteiger partial charge in [-0.05, 0) is 42.7 Å². The Hall–Kier alpha value is -2.49. The molecule has 0 spiro atoms. The Morgan fingerprint density at radius 1 is 1.22 bits per heavy atom. The van der Waals surface area contributed by atoms with Crippen LogP contribution in [-0.4, -0.2) is 28.6 Å². The molecule has 0 amide bonds. The van der Waals surface area contributed by atoms with Crippen molar-refractivity contribution in [1.82, 2.24) is 4.90 Å². The van der Waals surface area contributed by atoms with Gasteiger partial charge in [0.2, 0.25) is 0 Å². The predicted molar refractivity (Wildman–Crippen MR) is 84.2 cm³/mol. The van der Waals surface area contributed by atoms with Crippen LogP contribution in [0.15, 0.2) is 60.8 Å². The van der Waals surface area contributed by atoms with Crippen molar-refractivity contribution in [1.29, 1.82) is 0 Å². The summed E-state index contributed by atoms with van der Waals surface area (Å²) < 4.78 is 12.9. The van der Waals surface area contributed by atoms with Crippen LogP contribution in [0.25, 0.3) is 0 Å². The average molecular weight is 309 g/mol. The first kappa shape index (κ1) is 14.1. The van der Waals surface area contributed by atoms with E-state index in [-0.39, 0.29) is 29.5 Å².